The molecule has 6 N–H and O–H groups in total. The molecule has 4 amide bonds. The van der Waals surface area contributed by atoms with Crippen LogP contribution in [0.25, 0.3) is 22.1 Å². The van der Waals surface area contributed by atoms with Crippen LogP contribution in [0.3, 0.4) is 0 Å². The third-order valence-corrected chi connectivity index (χ3v) is 8.91. The number of alkyl carbamates (subject to hydrolysis) is 2. The molecule has 21 nitrogen and oxygen atoms in total. The summed E-state index contributed by atoms with van der Waals surface area (Å²) in [7, 11) is 0. The zero-order valence-corrected chi connectivity index (χ0v) is 39.4. The van der Waals surface area contributed by atoms with Gasteiger partial charge in [0.15, 0.2) is 11.5 Å². The molecule has 4 aromatic heterocycles. The number of H-pyrrole nitrogens is 1. The fraction of sp³-hybridized carbons (Fsp3) is 0.209. The lowest BCUT2D eigenvalue weighted by atomic mass is 10.2. The van der Waals surface area contributed by atoms with Crippen LogP contribution < -0.4 is 31.3 Å². The molecule has 2 aromatic carbocycles. The highest BCUT2D eigenvalue weighted by molar-refractivity contribution is 6.47. The topological polar surface area (TPSA) is 300 Å². The number of anilines is 2. The lowest BCUT2D eigenvalue weighted by molar-refractivity contribution is -0.119. The largest absolute Gasteiger partial charge is 0.453 e. The van der Waals surface area contributed by atoms with Crippen LogP contribution in [0.2, 0.25) is 20.1 Å². The predicted octanol–water partition coefficient (Wildman–Crippen LogP) is 9.90. The Kier molecular flexibility index (Phi) is 19.1. The van der Waals surface area contributed by atoms with Crippen molar-refractivity contribution in [2.24, 2.45) is 5.10 Å². The van der Waals surface area contributed by atoms with E-state index < -0.39 is 41.4 Å². The molecule has 0 radical (unpaired) electrons. The number of nitrogen functional groups attached to an aromatic ring is 1. The molecule has 25 heteroatoms. The van der Waals surface area contributed by atoms with Gasteiger partial charge in [-0.25, -0.2) is 28.9 Å². The van der Waals surface area contributed by atoms with Gasteiger partial charge < -0.3 is 34.4 Å². The first-order valence-corrected chi connectivity index (χ1v) is 21.0. The molecule has 0 atom stereocenters. The third kappa shape index (κ3) is 15.7. The maximum absolute atomic E-state index is 12.3. The molecule has 0 spiro atoms. The number of halogens is 4. The summed E-state index contributed by atoms with van der Waals surface area (Å²) in [6, 6.07) is 16.2. The van der Waals surface area contributed by atoms with Crippen molar-refractivity contribution in [3.05, 3.63) is 93.4 Å². The average Bonchev–Trinajstić information content (AvgIpc) is 3.91. The number of nitrogens with two attached hydrogens (primary N) is 1. The monoisotopic (exact) mass is 1010 g/mol. The van der Waals surface area contributed by atoms with Gasteiger partial charge in [-0.2, -0.15) is 15.6 Å². The standard InChI is InChI=1S/C19H14Cl2N6O4.C18H17Cl2N3O3.C6H8N2O3/c1-2-30-19(29)25-18(28)15(8-22)27-26-11-6-13(20)16(14(21)7-11)31-12-5-10-3-4-23-17(10)24-9-12;1-18(2,3)26-17(24)23-5-4-10-6-12(9-22-16(10)23)25-15-13(19)7-11(21)8-14(15)20;1-2-11-6(10)8-5(9)3-4-7/h3-7,9,26H,2H2,1H3,(H,23,24)(H,25,28,29);4-9H,21H2,1-3H3;2-3H2,1H3,(H,8,9,10)/b27-15-;;. The number of ether oxygens (including phenoxy) is 5. The summed E-state index contributed by atoms with van der Waals surface area (Å²) >= 11 is 24.8. The van der Waals surface area contributed by atoms with Crippen LogP contribution in [0, 0.1) is 22.7 Å². The zero-order chi connectivity index (χ0) is 50.1. The van der Waals surface area contributed by atoms with Crippen molar-refractivity contribution in [1.82, 2.24) is 30.2 Å². The molecular formula is C43H39Cl4N11O10. The van der Waals surface area contributed by atoms with Crippen molar-refractivity contribution >= 4 is 116 Å². The molecule has 6 aromatic rings. The number of pyridine rings is 2. The van der Waals surface area contributed by atoms with Gasteiger partial charge in [0.2, 0.25) is 11.6 Å². The molecule has 0 unspecified atom stereocenters. The Morgan fingerprint density at radius 2 is 1.37 bits per heavy atom. The number of rotatable bonds is 10. The summed E-state index contributed by atoms with van der Waals surface area (Å²) < 4.78 is 27.2. The van der Waals surface area contributed by atoms with Crippen molar-refractivity contribution < 1.29 is 47.7 Å². The minimum absolute atomic E-state index is 0.0664. The maximum Gasteiger partial charge on any atom is 0.420 e. The number of aromatic nitrogens is 4. The summed E-state index contributed by atoms with van der Waals surface area (Å²) in [4.78, 5) is 67.9. The highest BCUT2D eigenvalue weighted by Crippen LogP contribution is 2.40. The Morgan fingerprint density at radius 3 is 1.93 bits per heavy atom. The number of carbonyl (C=O) groups excluding carboxylic acids is 5. The van der Waals surface area contributed by atoms with E-state index in [0.29, 0.717) is 43.9 Å². The lowest BCUT2D eigenvalue weighted by Gasteiger charge is -2.19. The molecule has 0 saturated carbocycles. The number of carbonyl (C=O) groups is 5. The summed E-state index contributed by atoms with van der Waals surface area (Å²) in [6.07, 6.45) is 3.71. The number of hydrogen-bond donors (Lipinski definition) is 5. The first kappa shape index (κ1) is 52.8. The van der Waals surface area contributed by atoms with Crippen LogP contribution in [-0.2, 0) is 23.8 Å². The quantitative estimate of drug-likeness (QED) is 0.0369. The second kappa shape index (κ2) is 24.6. The number of amides is 4. The fourth-order valence-electron chi connectivity index (χ4n) is 5.09. The molecule has 0 aliphatic rings. The molecule has 0 aliphatic heterocycles. The van der Waals surface area contributed by atoms with Gasteiger partial charge in [0, 0.05) is 28.9 Å². The van der Waals surface area contributed by atoms with Gasteiger partial charge in [-0.1, -0.05) is 46.4 Å². The van der Waals surface area contributed by atoms with Crippen molar-refractivity contribution in [3.63, 3.8) is 0 Å². The van der Waals surface area contributed by atoms with E-state index in [1.807, 2.05) is 16.7 Å². The normalized spacial score (nSPS) is 10.7. The number of nitrogens with one attached hydrogen (secondary N) is 4. The van der Waals surface area contributed by atoms with Crippen molar-refractivity contribution in [2.75, 3.05) is 24.4 Å². The van der Waals surface area contributed by atoms with E-state index in [9.17, 15) is 24.0 Å². The summed E-state index contributed by atoms with van der Waals surface area (Å²) in [5, 5.41) is 26.9. The fourth-order valence-corrected chi connectivity index (χ4v) is 6.24. The van der Waals surface area contributed by atoms with E-state index in [4.69, 9.17) is 76.9 Å². The Morgan fingerprint density at radius 1 is 0.809 bits per heavy atom. The lowest BCUT2D eigenvalue weighted by Crippen LogP contribution is -2.36. The maximum atomic E-state index is 12.3. The Hall–Kier alpha value is -7.82. The van der Waals surface area contributed by atoms with Gasteiger partial charge in [-0.05, 0) is 83.1 Å². The molecular weight excluding hydrogens is 972 g/mol. The third-order valence-electron chi connectivity index (χ3n) is 7.79. The zero-order valence-electron chi connectivity index (χ0n) is 36.4. The van der Waals surface area contributed by atoms with Crippen LogP contribution in [0.1, 0.15) is 41.0 Å². The summed E-state index contributed by atoms with van der Waals surface area (Å²) in [5.41, 5.74) is 8.86. The second-order valence-corrected chi connectivity index (χ2v) is 15.7. The Labute approximate surface area is 406 Å². The number of hydrazone groups is 1. The molecule has 0 aliphatic carbocycles. The Balaban J connectivity index is 0.000000246. The van der Waals surface area contributed by atoms with E-state index in [0.717, 1.165) is 5.39 Å². The van der Waals surface area contributed by atoms with Gasteiger partial charge in [0.05, 0.1) is 57.5 Å². The molecule has 0 saturated heterocycles. The molecule has 4 heterocycles. The number of aromatic amines is 1. The van der Waals surface area contributed by atoms with Gasteiger partial charge >= 0.3 is 18.3 Å². The van der Waals surface area contributed by atoms with Gasteiger partial charge in [0.1, 0.15) is 40.9 Å². The smallest absolute Gasteiger partial charge is 0.420 e. The van der Waals surface area contributed by atoms with Crippen LogP contribution in [0.4, 0.5) is 25.8 Å². The van der Waals surface area contributed by atoms with Crippen LogP contribution in [0.15, 0.2) is 78.4 Å². The van der Waals surface area contributed by atoms with Crippen molar-refractivity contribution in [3.8, 4) is 35.1 Å². The first-order valence-electron chi connectivity index (χ1n) is 19.5. The summed E-state index contributed by atoms with van der Waals surface area (Å²) in [5.74, 6) is -0.348. The molecule has 68 heavy (non-hydrogen) atoms. The average molecular weight is 1010 g/mol. The van der Waals surface area contributed by atoms with E-state index >= 15 is 0 Å². The van der Waals surface area contributed by atoms with E-state index in [-0.39, 0.29) is 46.9 Å². The van der Waals surface area contributed by atoms with E-state index in [2.05, 4.69) is 35.0 Å². The number of nitrogens with zero attached hydrogens (tertiary/aromatic N) is 6. The first-order chi connectivity index (χ1) is 32.2. The predicted molar refractivity (Wildman–Crippen MR) is 252 cm³/mol. The van der Waals surface area contributed by atoms with Crippen LogP contribution in [-0.4, -0.2) is 74.1 Å². The minimum atomic E-state index is -1.03. The van der Waals surface area contributed by atoms with E-state index in [1.54, 1.807) is 89.5 Å². The van der Waals surface area contributed by atoms with Gasteiger partial charge in [-0.3, -0.25) is 25.6 Å². The van der Waals surface area contributed by atoms with Crippen molar-refractivity contribution in [2.45, 2.75) is 46.6 Å². The minimum Gasteiger partial charge on any atom is -0.453 e. The van der Waals surface area contributed by atoms with Gasteiger partial charge in [-0.15, -0.1) is 0 Å². The van der Waals surface area contributed by atoms with Crippen LogP contribution in [0.5, 0.6) is 23.0 Å². The SMILES string of the molecule is CC(C)(C)OC(=O)n1ccc2cc(Oc3c(Cl)cc(N)cc3Cl)cnc21.CCOC(=O)NC(=O)/C(C#N)=N\Nc1cc(Cl)c(Oc2cnc3[nH]ccc3c2)c(Cl)c1.CCOC(=O)NC(=O)CC#N. The molecule has 354 valence electrons. The van der Waals surface area contributed by atoms with Gasteiger partial charge in [0.25, 0.3) is 5.91 Å². The number of nitriles is 2. The Bertz CT molecular complexity index is 2910. The number of benzene rings is 2. The number of hydrogen-bond acceptors (Lipinski definition) is 17. The molecule has 0 fully saturated rings. The highest BCUT2D eigenvalue weighted by atomic mass is 35.5. The summed E-state index contributed by atoms with van der Waals surface area (Å²) in [6.45, 7) is 8.86. The van der Waals surface area contributed by atoms with E-state index in [1.165, 1.54) is 29.1 Å². The number of imide groups is 2. The molecule has 6 rings (SSSR count). The molecule has 0 bridgehead atoms. The van der Waals surface area contributed by atoms with Crippen LogP contribution >= 0.6 is 46.4 Å². The number of fused-ring (bicyclic) bond motifs is 2. The highest BCUT2D eigenvalue weighted by Gasteiger charge is 2.21. The van der Waals surface area contributed by atoms with Crippen molar-refractivity contribution in [1.29, 1.82) is 10.5 Å². The second-order valence-electron chi connectivity index (χ2n) is 14.1.